The molecule has 28 heavy (non-hydrogen) atoms. The summed E-state index contributed by atoms with van der Waals surface area (Å²) in [5.41, 5.74) is 3.45. The molecule has 0 aliphatic carbocycles. The highest BCUT2D eigenvalue weighted by Crippen LogP contribution is 2.25. The number of benzene rings is 2. The van der Waals surface area contributed by atoms with Gasteiger partial charge in [-0.2, -0.15) is 0 Å². The molecule has 6 heteroatoms. The first-order chi connectivity index (χ1) is 13.4. The third kappa shape index (κ3) is 3.54. The van der Waals surface area contributed by atoms with E-state index in [1.807, 2.05) is 57.2 Å². The van der Waals surface area contributed by atoms with E-state index in [1.165, 1.54) is 0 Å². The lowest BCUT2D eigenvalue weighted by molar-refractivity contribution is -0.129. The Morgan fingerprint density at radius 1 is 1.18 bits per heavy atom. The smallest absolute Gasteiger partial charge is 0.266 e. The predicted molar refractivity (Wildman–Crippen MR) is 113 cm³/mol. The highest BCUT2D eigenvalue weighted by atomic mass is 35.5. The molecule has 5 nitrogen and oxygen atoms in total. The summed E-state index contributed by atoms with van der Waals surface area (Å²) < 4.78 is 1.63. The molecule has 1 amide bonds. The van der Waals surface area contributed by atoms with E-state index in [4.69, 9.17) is 16.6 Å². The van der Waals surface area contributed by atoms with Gasteiger partial charge in [0.2, 0.25) is 5.91 Å². The van der Waals surface area contributed by atoms with Gasteiger partial charge in [0.25, 0.3) is 5.56 Å². The Kier molecular flexibility index (Phi) is 5.84. The van der Waals surface area contributed by atoms with Gasteiger partial charge in [0.1, 0.15) is 11.7 Å². The molecule has 146 valence electrons. The van der Waals surface area contributed by atoms with Crippen molar-refractivity contribution in [1.82, 2.24) is 14.5 Å². The Morgan fingerprint density at radius 2 is 1.89 bits per heavy atom. The zero-order valence-electron chi connectivity index (χ0n) is 16.6. The van der Waals surface area contributed by atoms with Crippen LogP contribution in [-0.4, -0.2) is 33.3 Å². The van der Waals surface area contributed by atoms with E-state index in [9.17, 15) is 9.59 Å². The number of hydrogen-bond donors (Lipinski definition) is 0. The molecule has 3 rings (SSSR count). The summed E-state index contributed by atoms with van der Waals surface area (Å²) >= 11 is 5.78. The number of hydrogen-bond acceptors (Lipinski definition) is 3. The summed E-state index contributed by atoms with van der Waals surface area (Å²) in [6.07, 6.45) is 0.606. The standard InChI is InChI=1S/C22H24ClN3O2/c1-5-19(25(4)20(27)13-23)21-24-18-9-7-6-8-17(18)22(28)26(21)16-11-10-14(2)15(3)12-16/h6-12,19H,5,13H2,1-4H3/t19-/m0/s1. The molecule has 0 saturated carbocycles. The molecule has 1 atom stereocenters. The molecule has 0 saturated heterocycles. The van der Waals surface area contributed by atoms with Gasteiger partial charge in [-0.15, -0.1) is 11.6 Å². The van der Waals surface area contributed by atoms with E-state index >= 15 is 0 Å². The van der Waals surface area contributed by atoms with Crippen molar-refractivity contribution in [1.29, 1.82) is 0 Å². The monoisotopic (exact) mass is 397 g/mol. The molecule has 1 heterocycles. The zero-order chi connectivity index (χ0) is 20.4. The maximum Gasteiger partial charge on any atom is 0.266 e. The second kappa shape index (κ2) is 8.15. The summed E-state index contributed by atoms with van der Waals surface area (Å²) in [5, 5.41) is 0.547. The van der Waals surface area contributed by atoms with E-state index in [0.717, 1.165) is 16.8 Å². The van der Waals surface area contributed by atoms with Crippen molar-refractivity contribution in [3.63, 3.8) is 0 Å². The van der Waals surface area contributed by atoms with Crippen LogP contribution in [0, 0.1) is 13.8 Å². The molecule has 0 N–H and O–H groups in total. The van der Waals surface area contributed by atoms with E-state index in [2.05, 4.69) is 0 Å². The normalized spacial score (nSPS) is 12.2. The van der Waals surface area contributed by atoms with Gasteiger partial charge in [0.15, 0.2) is 0 Å². The van der Waals surface area contributed by atoms with Gasteiger partial charge < -0.3 is 4.90 Å². The van der Waals surface area contributed by atoms with Crippen LogP contribution in [0.5, 0.6) is 0 Å². The molecule has 3 aromatic rings. The number of nitrogens with zero attached hydrogens (tertiary/aromatic N) is 3. The Balaban J connectivity index is 2.35. The van der Waals surface area contributed by atoms with Crippen LogP contribution in [0.3, 0.4) is 0 Å². The SMILES string of the molecule is CC[C@@H](c1nc2ccccc2c(=O)n1-c1ccc(C)c(C)c1)N(C)C(=O)CCl. The fraction of sp³-hybridized carbons (Fsp3) is 0.318. The fourth-order valence-corrected chi connectivity index (χ4v) is 3.57. The van der Waals surface area contributed by atoms with Gasteiger partial charge in [0.05, 0.1) is 22.6 Å². The molecular weight excluding hydrogens is 374 g/mol. The number of alkyl halides is 1. The van der Waals surface area contributed by atoms with Crippen molar-refractivity contribution in [2.24, 2.45) is 0 Å². The predicted octanol–water partition coefficient (Wildman–Crippen LogP) is 4.15. The maximum atomic E-state index is 13.4. The molecule has 0 aliphatic rings. The van der Waals surface area contributed by atoms with Crippen molar-refractivity contribution in [3.8, 4) is 5.69 Å². The Hall–Kier alpha value is -2.66. The van der Waals surface area contributed by atoms with E-state index in [1.54, 1.807) is 22.6 Å². The molecule has 0 aliphatic heterocycles. The average molecular weight is 398 g/mol. The number of aromatic nitrogens is 2. The van der Waals surface area contributed by atoms with Crippen LogP contribution in [0.25, 0.3) is 16.6 Å². The van der Waals surface area contributed by atoms with Crippen LogP contribution in [0.4, 0.5) is 0 Å². The Bertz CT molecular complexity index is 1090. The Morgan fingerprint density at radius 3 is 2.54 bits per heavy atom. The van der Waals surface area contributed by atoms with Gasteiger partial charge in [-0.3, -0.25) is 14.2 Å². The van der Waals surface area contributed by atoms with Crippen molar-refractivity contribution in [2.45, 2.75) is 33.2 Å². The third-order valence-electron chi connectivity index (χ3n) is 5.21. The van der Waals surface area contributed by atoms with E-state index in [0.29, 0.717) is 23.1 Å². The highest BCUT2D eigenvalue weighted by Gasteiger charge is 2.26. The van der Waals surface area contributed by atoms with Crippen molar-refractivity contribution < 1.29 is 4.79 Å². The summed E-state index contributed by atoms with van der Waals surface area (Å²) in [7, 11) is 1.70. The van der Waals surface area contributed by atoms with Crippen LogP contribution in [0.2, 0.25) is 0 Å². The lowest BCUT2D eigenvalue weighted by Crippen LogP contribution is -2.36. The lowest BCUT2D eigenvalue weighted by atomic mass is 10.1. The first-order valence-electron chi connectivity index (χ1n) is 9.30. The maximum absolute atomic E-state index is 13.4. The minimum atomic E-state index is -0.370. The minimum Gasteiger partial charge on any atom is -0.335 e. The van der Waals surface area contributed by atoms with Crippen molar-refractivity contribution in [3.05, 3.63) is 69.8 Å². The average Bonchev–Trinajstić information content (AvgIpc) is 2.70. The topological polar surface area (TPSA) is 55.2 Å². The second-order valence-corrected chi connectivity index (χ2v) is 7.23. The van der Waals surface area contributed by atoms with Gasteiger partial charge >= 0.3 is 0 Å². The van der Waals surface area contributed by atoms with Crippen LogP contribution in [-0.2, 0) is 4.79 Å². The molecule has 0 spiro atoms. The van der Waals surface area contributed by atoms with Crippen LogP contribution in [0.1, 0.15) is 36.3 Å². The first kappa shape index (κ1) is 20.1. The van der Waals surface area contributed by atoms with Gasteiger partial charge in [-0.25, -0.2) is 4.98 Å². The molecule has 0 radical (unpaired) electrons. The molecule has 0 fully saturated rings. The van der Waals surface area contributed by atoms with Crippen molar-refractivity contribution >= 4 is 28.4 Å². The number of amides is 1. The van der Waals surface area contributed by atoms with Crippen LogP contribution < -0.4 is 5.56 Å². The summed E-state index contributed by atoms with van der Waals surface area (Å²) in [6, 6.07) is 12.8. The molecule has 0 unspecified atom stereocenters. The molecule has 0 bridgehead atoms. The van der Waals surface area contributed by atoms with Gasteiger partial charge in [0, 0.05) is 7.05 Å². The largest absolute Gasteiger partial charge is 0.335 e. The summed E-state index contributed by atoms with van der Waals surface area (Å²) in [4.78, 5) is 32.1. The quantitative estimate of drug-likeness (QED) is 0.607. The fourth-order valence-electron chi connectivity index (χ4n) is 3.39. The number of carbonyl (C=O) groups is 1. The lowest BCUT2D eigenvalue weighted by Gasteiger charge is -2.28. The summed E-state index contributed by atoms with van der Waals surface area (Å²) in [5.74, 6) is 0.215. The first-order valence-corrected chi connectivity index (χ1v) is 9.83. The highest BCUT2D eigenvalue weighted by molar-refractivity contribution is 6.27. The number of fused-ring (bicyclic) bond motifs is 1. The number of aryl methyl sites for hydroxylation is 2. The van der Waals surface area contributed by atoms with Gasteiger partial charge in [-0.05, 0) is 55.7 Å². The number of para-hydroxylation sites is 1. The van der Waals surface area contributed by atoms with Crippen LogP contribution >= 0.6 is 11.6 Å². The second-order valence-electron chi connectivity index (χ2n) is 6.96. The molecular formula is C22H24ClN3O2. The van der Waals surface area contributed by atoms with E-state index in [-0.39, 0.29) is 23.4 Å². The minimum absolute atomic E-state index is 0.117. The van der Waals surface area contributed by atoms with E-state index < -0.39 is 0 Å². The molecule has 2 aromatic carbocycles. The number of rotatable bonds is 5. The number of halogens is 1. The zero-order valence-corrected chi connectivity index (χ0v) is 17.3. The summed E-state index contributed by atoms with van der Waals surface area (Å²) in [6.45, 7) is 6.01. The van der Waals surface area contributed by atoms with Crippen LogP contribution in [0.15, 0.2) is 47.3 Å². The third-order valence-corrected chi connectivity index (χ3v) is 5.44. The van der Waals surface area contributed by atoms with Crippen molar-refractivity contribution in [2.75, 3.05) is 12.9 Å². The van der Waals surface area contributed by atoms with Gasteiger partial charge in [-0.1, -0.05) is 25.1 Å². The Labute approximate surface area is 169 Å². The molecule has 1 aromatic heterocycles. The number of carbonyl (C=O) groups excluding carboxylic acids is 1.